The molecule has 0 unspecified atom stereocenters. The highest BCUT2D eigenvalue weighted by atomic mass is 35.5. The molecule has 226 valence electrons. The predicted molar refractivity (Wildman–Crippen MR) is 166 cm³/mol. The van der Waals surface area contributed by atoms with Crippen molar-refractivity contribution in [3.8, 4) is 11.8 Å². The van der Waals surface area contributed by atoms with Gasteiger partial charge in [0.15, 0.2) is 0 Å². The Labute approximate surface area is 263 Å². The number of nitrogens with one attached hydrogen (secondary N) is 1. The topological polar surface area (TPSA) is 161 Å². The van der Waals surface area contributed by atoms with Gasteiger partial charge in [0.2, 0.25) is 0 Å². The van der Waals surface area contributed by atoms with E-state index in [0.717, 1.165) is 6.34 Å². The van der Waals surface area contributed by atoms with Gasteiger partial charge in [-0.15, -0.1) is 0 Å². The third-order valence-corrected chi connectivity index (χ3v) is 5.93. The number of fused-ring (bicyclic) bond motifs is 1. The average Bonchev–Trinajstić information content (AvgIpc) is 3.29. The maximum Gasteiger partial charge on any atom is 0.424 e. The Morgan fingerprint density at radius 2 is 1.65 bits per heavy atom. The summed E-state index contributed by atoms with van der Waals surface area (Å²) in [4.78, 5) is 35.1. The van der Waals surface area contributed by atoms with Gasteiger partial charge in [0.1, 0.15) is 34.0 Å². The van der Waals surface area contributed by atoms with E-state index in [1.807, 2.05) is 6.07 Å². The number of aromatic nitrogens is 3. The van der Waals surface area contributed by atoms with Crippen molar-refractivity contribution in [1.82, 2.24) is 19.7 Å². The molecule has 0 aliphatic carbocycles. The monoisotopic (exact) mass is 646 g/mol. The fourth-order valence-electron chi connectivity index (χ4n) is 3.49. The summed E-state index contributed by atoms with van der Waals surface area (Å²) in [7, 11) is 0. The highest BCUT2D eigenvalue weighted by molar-refractivity contribution is 6.38. The molecule has 12 nitrogen and oxygen atoms in total. The second kappa shape index (κ2) is 12.9. The van der Waals surface area contributed by atoms with E-state index in [1.165, 1.54) is 29.1 Å². The molecule has 3 rings (SSSR count). The van der Waals surface area contributed by atoms with E-state index in [4.69, 9.17) is 50.0 Å². The number of carbonyl (C=O) groups excluding carboxylic acids is 2. The number of aliphatic imine (C=N–C) groups is 1. The highest BCUT2D eigenvalue weighted by Crippen LogP contribution is 2.34. The molecule has 0 bridgehead atoms. The fourth-order valence-corrected chi connectivity index (χ4v) is 4.34. The third kappa shape index (κ3) is 8.38. The van der Waals surface area contributed by atoms with E-state index in [1.54, 1.807) is 47.7 Å². The number of nitriles is 1. The lowest BCUT2D eigenvalue weighted by atomic mass is 10.2. The minimum absolute atomic E-state index is 0.0305. The number of carbonyl (C=O) groups is 2. The van der Waals surface area contributed by atoms with E-state index in [2.05, 4.69) is 27.0 Å². The minimum atomic E-state index is -1.01. The number of anilines is 1. The summed E-state index contributed by atoms with van der Waals surface area (Å²) >= 11 is 19.2. The number of pyridine rings is 1. The van der Waals surface area contributed by atoms with Crippen LogP contribution in [0.1, 0.15) is 47.1 Å². The molecule has 0 radical (unpaired) electrons. The molecule has 43 heavy (non-hydrogen) atoms. The van der Waals surface area contributed by atoms with E-state index in [0.29, 0.717) is 21.5 Å². The van der Waals surface area contributed by atoms with E-state index < -0.39 is 23.4 Å². The lowest BCUT2D eigenvalue weighted by molar-refractivity contribution is 0.00910. The van der Waals surface area contributed by atoms with Crippen LogP contribution in [0.5, 0.6) is 0 Å². The molecular weight excluding hydrogens is 619 g/mol. The van der Waals surface area contributed by atoms with Crippen LogP contribution in [0.3, 0.4) is 0 Å². The molecule has 0 atom stereocenters. The van der Waals surface area contributed by atoms with Gasteiger partial charge < -0.3 is 20.5 Å². The molecule has 0 aliphatic rings. The second-order valence-corrected chi connectivity index (χ2v) is 12.1. The number of hydrogen-bond acceptors (Lipinski definition) is 9. The van der Waals surface area contributed by atoms with Gasteiger partial charge in [-0.2, -0.15) is 15.3 Å². The first-order valence-electron chi connectivity index (χ1n) is 12.6. The van der Waals surface area contributed by atoms with Crippen LogP contribution >= 0.6 is 34.8 Å². The summed E-state index contributed by atoms with van der Waals surface area (Å²) in [6.07, 6.45) is 3.18. The van der Waals surface area contributed by atoms with Crippen LogP contribution in [0.4, 0.5) is 15.4 Å². The number of nitrogens with two attached hydrogens (primary N) is 1. The summed E-state index contributed by atoms with van der Waals surface area (Å²) in [5.74, 6) is 0.250. The van der Waals surface area contributed by atoms with E-state index >= 15 is 0 Å². The van der Waals surface area contributed by atoms with Crippen LogP contribution in [-0.4, -0.2) is 49.4 Å². The molecule has 2 amide bonds. The van der Waals surface area contributed by atoms with Gasteiger partial charge in [-0.05, 0) is 53.7 Å². The first-order chi connectivity index (χ1) is 19.9. The number of benzene rings is 1. The maximum absolute atomic E-state index is 13.0. The molecular formula is C28H29Cl3N8O4. The van der Waals surface area contributed by atoms with E-state index in [9.17, 15) is 14.9 Å². The quantitative estimate of drug-likeness (QED) is 0.160. The molecule has 2 aromatic heterocycles. The van der Waals surface area contributed by atoms with Crippen molar-refractivity contribution in [3.63, 3.8) is 0 Å². The molecule has 0 spiro atoms. The average molecular weight is 648 g/mol. The van der Waals surface area contributed by atoms with Crippen LogP contribution in [0.2, 0.25) is 15.1 Å². The number of hydrogen-bond donors (Lipinski definition) is 2. The Balaban J connectivity index is 2.07. The van der Waals surface area contributed by atoms with Gasteiger partial charge in [-0.25, -0.2) is 24.2 Å². The second-order valence-electron chi connectivity index (χ2n) is 10.9. The SMILES string of the molecule is C=C(/C=C(\N=CN)Nc1ncc(Cl)c2nn(-c3c(Cl)cc(C#N)cc3Cl)cc12)N(C(=O)OC(C)(C)C)C(=O)OC(C)(C)C. The Kier molecular flexibility index (Phi) is 9.97. The summed E-state index contributed by atoms with van der Waals surface area (Å²) < 4.78 is 12.2. The summed E-state index contributed by atoms with van der Waals surface area (Å²) in [5.41, 5.74) is 4.52. The summed E-state index contributed by atoms with van der Waals surface area (Å²) in [6, 6.07) is 4.90. The van der Waals surface area contributed by atoms with Gasteiger partial charge in [0.25, 0.3) is 0 Å². The van der Waals surface area contributed by atoms with Crippen molar-refractivity contribution in [2.75, 3.05) is 5.32 Å². The normalized spacial score (nSPS) is 12.2. The number of nitrogens with zero attached hydrogens (tertiary/aromatic N) is 6. The smallest absolute Gasteiger partial charge is 0.424 e. The zero-order valence-corrected chi connectivity index (χ0v) is 26.5. The van der Waals surface area contributed by atoms with Crippen LogP contribution in [0, 0.1) is 11.3 Å². The molecule has 2 heterocycles. The fraction of sp³-hybridized carbons (Fsp3) is 0.286. The van der Waals surface area contributed by atoms with Gasteiger partial charge in [0, 0.05) is 12.3 Å². The first kappa shape index (κ1) is 33.2. The number of rotatable bonds is 6. The Morgan fingerprint density at radius 1 is 1.09 bits per heavy atom. The maximum atomic E-state index is 13.0. The molecule has 0 saturated carbocycles. The molecule has 0 saturated heterocycles. The number of imide groups is 1. The molecule has 3 N–H and O–H groups in total. The summed E-state index contributed by atoms with van der Waals surface area (Å²) in [5, 5.41) is 17.7. The Bertz CT molecular complexity index is 1640. The van der Waals surface area contributed by atoms with Crippen LogP contribution in [-0.2, 0) is 9.47 Å². The van der Waals surface area contributed by atoms with Gasteiger partial charge in [-0.1, -0.05) is 41.4 Å². The number of amides is 2. The molecule has 0 aliphatic heterocycles. The lowest BCUT2D eigenvalue weighted by Gasteiger charge is -2.28. The van der Waals surface area contributed by atoms with Crippen LogP contribution < -0.4 is 11.1 Å². The van der Waals surface area contributed by atoms with Crippen molar-refractivity contribution in [2.24, 2.45) is 10.7 Å². The summed E-state index contributed by atoms with van der Waals surface area (Å²) in [6.45, 7) is 13.8. The van der Waals surface area contributed by atoms with Crippen molar-refractivity contribution in [3.05, 3.63) is 69.3 Å². The highest BCUT2D eigenvalue weighted by Gasteiger charge is 2.33. The Morgan fingerprint density at radius 3 is 2.14 bits per heavy atom. The largest absolute Gasteiger partial charge is 0.443 e. The first-order valence-corrected chi connectivity index (χ1v) is 13.7. The van der Waals surface area contributed by atoms with Gasteiger partial charge in [0.05, 0.1) is 50.3 Å². The van der Waals surface area contributed by atoms with Crippen molar-refractivity contribution < 1.29 is 19.1 Å². The van der Waals surface area contributed by atoms with Crippen LogP contribution in [0.25, 0.3) is 16.6 Å². The number of halogens is 3. The standard InChI is InChI=1S/C28H29Cl3N8O4/c1-15(39(25(40)42-27(2,3)4)26(41)43-28(5,6)7)8-21(35-14-33)36-24-17-13-38(37-22(17)20(31)12-34-24)23-18(29)9-16(11-32)10-19(23)30/h8-10,12-14H,1H2,2-7H3,(H2,33,35)(H,34,36)/b21-8+. The minimum Gasteiger partial charge on any atom is -0.443 e. The number of allylic oxidation sites excluding steroid dienone is 1. The zero-order valence-electron chi connectivity index (χ0n) is 24.2. The molecule has 0 fully saturated rings. The van der Waals surface area contributed by atoms with Crippen LogP contribution in [0.15, 0.2) is 53.7 Å². The number of ether oxygens (including phenoxy) is 2. The molecule has 1 aromatic carbocycles. The van der Waals surface area contributed by atoms with Crippen molar-refractivity contribution in [2.45, 2.75) is 52.7 Å². The Hall–Kier alpha value is -4.31. The lowest BCUT2D eigenvalue weighted by Crippen LogP contribution is -2.42. The molecule has 15 heteroatoms. The van der Waals surface area contributed by atoms with Crippen molar-refractivity contribution in [1.29, 1.82) is 5.26 Å². The predicted octanol–water partition coefficient (Wildman–Crippen LogP) is 7.18. The van der Waals surface area contributed by atoms with Crippen molar-refractivity contribution >= 4 is 70.0 Å². The third-order valence-electron chi connectivity index (χ3n) is 5.08. The van der Waals surface area contributed by atoms with E-state index in [-0.39, 0.29) is 38.0 Å². The van der Waals surface area contributed by atoms with Gasteiger partial charge >= 0.3 is 12.2 Å². The van der Waals surface area contributed by atoms with Gasteiger partial charge in [-0.3, -0.25) is 0 Å². The molecule has 3 aromatic rings. The zero-order chi connectivity index (χ0) is 32.3.